The van der Waals surface area contributed by atoms with Gasteiger partial charge in [0.1, 0.15) is 24.4 Å². The second-order valence-electron chi connectivity index (χ2n) is 8.94. The van der Waals surface area contributed by atoms with Gasteiger partial charge in [0, 0.05) is 0 Å². The smallest absolute Gasteiger partial charge is 0.186 e. The van der Waals surface area contributed by atoms with Crippen LogP contribution in [0.2, 0.25) is 0 Å². The van der Waals surface area contributed by atoms with Gasteiger partial charge in [-0.2, -0.15) is 0 Å². The molecule has 190 valence electrons. The number of unbranched alkanes of at least 4 members (excludes halogenated alkanes) is 11. The van der Waals surface area contributed by atoms with Gasteiger partial charge in [0.2, 0.25) is 0 Å². The predicted octanol–water partition coefficient (Wildman–Crippen LogP) is 1.75. The summed E-state index contributed by atoms with van der Waals surface area (Å²) in [6.07, 6.45) is 11.1. The van der Waals surface area contributed by atoms with Crippen molar-refractivity contribution in [3.05, 3.63) is 12.2 Å². The van der Waals surface area contributed by atoms with E-state index in [0.717, 1.165) is 12.8 Å². The van der Waals surface area contributed by atoms with E-state index in [1.807, 2.05) is 6.08 Å². The maximum absolute atomic E-state index is 10.2. The molecule has 32 heavy (non-hydrogen) atoms. The largest absolute Gasteiger partial charge is 0.394 e. The molecule has 1 aliphatic heterocycles. The van der Waals surface area contributed by atoms with Gasteiger partial charge in [-0.1, -0.05) is 83.3 Å². The summed E-state index contributed by atoms with van der Waals surface area (Å²) in [5.41, 5.74) is 5.93. The van der Waals surface area contributed by atoms with E-state index in [-0.39, 0.29) is 6.61 Å². The molecular weight excluding hydrogens is 414 g/mol. The van der Waals surface area contributed by atoms with Crippen LogP contribution < -0.4 is 5.73 Å². The van der Waals surface area contributed by atoms with Gasteiger partial charge in [0.25, 0.3) is 0 Å². The number of hydrogen-bond donors (Lipinski definition) is 6. The van der Waals surface area contributed by atoms with Crippen molar-refractivity contribution in [2.24, 2.45) is 5.73 Å². The molecule has 7 atom stereocenters. The first-order chi connectivity index (χ1) is 15.4. The molecule has 1 saturated heterocycles. The third-order valence-electron chi connectivity index (χ3n) is 6.05. The number of rotatable bonds is 18. The lowest BCUT2D eigenvalue weighted by Gasteiger charge is -2.39. The summed E-state index contributed by atoms with van der Waals surface area (Å²) >= 11 is 0. The van der Waals surface area contributed by atoms with E-state index in [4.69, 9.17) is 15.2 Å². The topological polar surface area (TPSA) is 146 Å². The maximum Gasteiger partial charge on any atom is 0.186 e. The Labute approximate surface area is 193 Å². The molecule has 0 aromatic rings. The molecule has 8 heteroatoms. The lowest BCUT2D eigenvalue weighted by Crippen LogP contribution is -2.59. The van der Waals surface area contributed by atoms with Crippen LogP contribution in [0.15, 0.2) is 12.2 Å². The average Bonchev–Trinajstić information content (AvgIpc) is 2.79. The molecule has 1 aliphatic rings. The summed E-state index contributed by atoms with van der Waals surface area (Å²) in [6.45, 7) is 1.60. The lowest BCUT2D eigenvalue weighted by molar-refractivity contribution is -0.302. The Bertz CT molecular complexity index is 477. The third-order valence-corrected chi connectivity index (χ3v) is 6.05. The zero-order valence-corrected chi connectivity index (χ0v) is 19.7. The van der Waals surface area contributed by atoms with Crippen LogP contribution in [0.3, 0.4) is 0 Å². The van der Waals surface area contributed by atoms with Crippen molar-refractivity contribution < 1.29 is 35.0 Å². The normalized spacial score (nSPS) is 28.3. The standard InChI is InChI=1S/C24H47NO7/c1-2-3-4-5-6-7-8-9-10-11-12-13-14-15-19(27)18(25)17-31-24-23(30)22(29)21(28)20(16-26)32-24/h14-15,18-24,26-30H,2-13,16-17,25H2,1H3/b15-14+/t18-,19+,20+,21-,22-,23+,24-/m0/s1. The van der Waals surface area contributed by atoms with E-state index < -0.39 is 49.5 Å². The lowest BCUT2D eigenvalue weighted by atomic mass is 9.99. The number of hydrogen-bond acceptors (Lipinski definition) is 8. The van der Waals surface area contributed by atoms with Gasteiger partial charge in [-0.3, -0.25) is 0 Å². The molecule has 0 radical (unpaired) electrons. The monoisotopic (exact) mass is 461 g/mol. The zero-order valence-electron chi connectivity index (χ0n) is 19.7. The van der Waals surface area contributed by atoms with Crippen molar-refractivity contribution in [2.75, 3.05) is 13.2 Å². The molecule has 7 N–H and O–H groups in total. The van der Waals surface area contributed by atoms with E-state index in [1.165, 1.54) is 64.2 Å². The molecule has 0 bridgehead atoms. The summed E-state index contributed by atoms with van der Waals surface area (Å²) in [7, 11) is 0. The Kier molecular flexibility index (Phi) is 16.4. The first-order valence-corrected chi connectivity index (χ1v) is 12.4. The van der Waals surface area contributed by atoms with Gasteiger partial charge < -0.3 is 40.7 Å². The van der Waals surface area contributed by atoms with Gasteiger partial charge in [0.15, 0.2) is 6.29 Å². The summed E-state index contributed by atoms with van der Waals surface area (Å²) in [4.78, 5) is 0. The van der Waals surface area contributed by atoms with Crippen LogP contribution in [-0.4, -0.2) is 81.6 Å². The zero-order chi connectivity index (χ0) is 23.8. The predicted molar refractivity (Wildman–Crippen MR) is 124 cm³/mol. The highest BCUT2D eigenvalue weighted by molar-refractivity contribution is 4.94. The molecule has 1 fully saturated rings. The average molecular weight is 462 g/mol. The molecule has 0 aliphatic carbocycles. The molecule has 0 spiro atoms. The quantitative estimate of drug-likeness (QED) is 0.134. The third kappa shape index (κ3) is 11.5. The number of aliphatic hydroxyl groups is 5. The van der Waals surface area contributed by atoms with E-state index in [9.17, 15) is 25.5 Å². The highest BCUT2D eigenvalue weighted by Gasteiger charge is 2.44. The van der Waals surface area contributed by atoms with Crippen molar-refractivity contribution in [3.63, 3.8) is 0 Å². The van der Waals surface area contributed by atoms with E-state index in [2.05, 4.69) is 6.92 Å². The van der Waals surface area contributed by atoms with Gasteiger partial charge in [-0.05, 0) is 12.8 Å². The number of allylic oxidation sites excluding steroid dienone is 1. The molecule has 8 nitrogen and oxygen atoms in total. The first kappa shape index (κ1) is 29.5. The van der Waals surface area contributed by atoms with Crippen LogP contribution in [0.5, 0.6) is 0 Å². The minimum atomic E-state index is -1.50. The van der Waals surface area contributed by atoms with Crippen LogP contribution >= 0.6 is 0 Å². The summed E-state index contributed by atoms with van der Waals surface area (Å²) in [5.74, 6) is 0. The van der Waals surface area contributed by atoms with Crippen LogP contribution in [0, 0.1) is 0 Å². The van der Waals surface area contributed by atoms with Gasteiger partial charge in [-0.15, -0.1) is 0 Å². The summed E-state index contributed by atoms with van der Waals surface area (Å²) < 4.78 is 10.6. The van der Waals surface area contributed by atoms with Crippen molar-refractivity contribution in [1.82, 2.24) is 0 Å². The molecule has 0 unspecified atom stereocenters. The Morgan fingerprint density at radius 2 is 1.44 bits per heavy atom. The molecular formula is C24H47NO7. The number of ether oxygens (including phenoxy) is 2. The van der Waals surface area contributed by atoms with E-state index >= 15 is 0 Å². The SMILES string of the molecule is CCCCCCCCCCCCC/C=C/[C@@H](O)[C@@H](N)CO[C@H]1O[C@H](CO)[C@H](O)[C@H](O)[C@H]1O. The van der Waals surface area contributed by atoms with Crippen molar-refractivity contribution in [1.29, 1.82) is 0 Å². The van der Waals surface area contributed by atoms with Crippen LogP contribution in [-0.2, 0) is 9.47 Å². The number of aliphatic hydroxyl groups excluding tert-OH is 5. The van der Waals surface area contributed by atoms with Gasteiger partial charge in [0.05, 0.1) is 25.4 Å². The molecule has 0 aromatic carbocycles. The molecule has 0 aromatic heterocycles. The Morgan fingerprint density at radius 1 is 0.875 bits per heavy atom. The second kappa shape index (κ2) is 17.8. The summed E-state index contributed by atoms with van der Waals surface area (Å²) in [6, 6.07) is -0.740. The molecule has 1 rings (SSSR count). The molecule has 0 amide bonds. The van der Waals surface area contributed by atoms with E-state index in [1.54, 1.807) is 6.08 Å². The number of nitrogens with two attached hydrogens (primary N) is 1. The van der Waals surface area contributed by atoms with Crippen LogP contribution in [0.25, 0.3) is 0 Å². The Morgan fingerprint density at radius 3 is 2.00 bits per heavy atom. The highest BCUT2D eigenvalue weighted by Crippen LogP contribution is 2.22. The fraction of sp³-hybridized carbons (Fsp3) is 0.917. The fourth-order valence-electron chi connectivity index (χ4n) is 3.81. The van der Waals surface area contributed by atoms with Crippen molar-refractivity contribution in [2.45, 2.75) is 127 Å². The molecule has 0 saturated carbocycles. The molecule has 1 heterocycles. The first-order valence-electron chi connectivity index (χ1n) is 12.4. The Balaban J connectivity index is 2.10. The highest BCUT2D eigenvalue weighted by atomic mass is 16.7. The second-order valence-corrected chi connectivity index (χ2v) is 8.94. The van der Waals surface area contributed by atoms with Crippen LogP contribution in [0.1, 0.15) is 84.0 Å². The van der Waals surface area contributed by atoms with Gasteiger partial charge in [-0.25, -0.2) is 0 Å². The maximum atomic E-state index is 10.2. The fourth-order valence-corrected chi connectivity index (χ4v) is 3.81. The van der Waals surface area contributed by atoms with E-state index in [0.29, 0.717) is 0 Å². The van der Waals surface area contributed by atoms with Crippen molar-refractivity contribution in [3.8, 4) is 0 Å². The van der Waals surface area contributed by atoms with Crippen LogP contribution in [0.4, 0.5) is 0 Å². The van der Waals surface area contributed by atoms with Gasteiger partial charge >= 0.3 is 0 Å². The summed E-state index contributed by atoms with van der Waals surface area (Å²) in [5, 5.41) is 48.8. The minimum Gasteiger partial charge on any atom is -0.394 e. The minimum absolute atomic E-state index is 0.118. The Hall–Kier alpha value is -0.580. The van der Waals surface area contributed by atoms with Crippen molar-refractivity contribution >= 4 is 0 Å².